The van der Waals surface area contributed by atoms with E-state index in [-0.39, 0.29) is 0 Å². The van der Waals surface area contributed by atoms with Crippen molar-refractivity contribution in [3.05, 3.63) is 16.1 Å². The zero-order valence-corrected chi connectivity index (χ0v) is 9.27. The Morgan fingerprint density at radius 3 is 3.00 bits per heavy atom. The van der Waals surface area contributed by atoms with E-state index in [9.17, 15) is 4.79 Å². The van der Waals surface area contributed by atoms with Gasteiger partial charge < -0.3 is 0 Å². The van der Waals surface area contributed by atoms with Crippen molar-refractivity contribution in [2.75, 3.05) is 0 Å². The third kappa shape index (κ3) is 2.64. The molecule has 1 aromatic heterocycles. The number of aromatic nitrogens is 1. The Morgan fingerprint density at radius 1 is 1.64 bits per heavy atom. The quantitative estimate of drug-likeness (QED) is 0.746. The molecule has 0 aromatic carbocycles. The smallest absolute Gasteiger partial charge is 0.135 e. The number of rotatable bonds is 5. The van der Waals surface area contributed by atoms with E-state index in [4.69, 9.17) is 0 Å². The first-order valence-corrected chi connectivity index (χ1v) is 6.07. The number of hydrogen-bond donors (Lipinski definition) is 0. The van der Waals surface area contributed by atoms with Crippen LogP contribution >= 0.6 is 11.3 Å². The lowest BCUT2D eigenvalue weighted by molar-refractivity contribution is -0.120. The predicted molar refractivity (Wildman–Crippen MR) is 57.5 cm³/mol. The molecule has 0 aliphatic heterocycles. The van der Waals surface area contributed by atoms with Gasteiger partial charge in [-0.2, -0.15) is 0 Å². The SMILES string of the molecule is Cc1csc(CCCC(=O)C2CC2)n1. The number of hydrogen-bond acceptors (Lipinski definition) is 3. The Kier molecular flexibility index (Phi) is 2.96. The zero-order valence-electron chi connectivity index (χ0n) is 8.45. The average molecular weight is 209 g/mol. The van der Waals surface area contributed by atoms with Crippen LogP contribution in [0, 0.1) is 12.8 Å². The molecule has 1 aliphatic carbocycles. The highest BCUT2D eigenvalue weighted by Gasteiger charge is 2.28. The van der Waals surface area contributed by atoms with Crippen LogP contribution in [0.25, 0.3) is 0 Å². The van der Waals surface area contributed by atoms with Crippen molar-refractivity contribution in [3.8, 4) is 0 Å². The van der Waals surface area contributed by atoms with E-state index in [0.29, 0.717) is 11.7 Å². The number of carbonyl (C=O) groups is 1. The molecule has 0 spiro atoms. The number of aryl methyl sites for hydroxylation is 2. The minimum absolute atomic E-state index is 0.424. The van der Waals surface area contributed by atoms with Gasteiger partial charge in [0, 0.05) is 23.4 Å². The monoisotopic (exact) mass is 209 g/mol. The molecule has 0 bridgehead atoms. The highest BCUT2D eigenvalue weighted by atomic mass is 32.1. The van der Waals surface area contributed by atoms with Gasteiger partial charge >= 0.3 is 0 Å². The minimum Gasteiger partial charge on any atom is -0.299 e. The van der Waals surface area contributed by atoms with Crippen LogP contribution in [-0.2, 0) is 11.2 Å². The van der Waals surface area contributed by atoms with Crippen LogP contribution in [0.5, 0.6) is 0 Å². The fraction of sp³-hybridized carbons (Fsp3) is 0.636. The van der Waals surface area contributed by atoms with Crippen molar-refractivity contribution in [2.45, 2.75) is 39.0 Å². The maximum atomic E-state index is 11.4. The molecule has 0 N–H and O–H groups in total. The standard InChI is InChI=1S/C11H15NOS/c1-8-7-14-11(12-8)4-2-3-10(13)9-5-6-9/h7,9H,2-6H2,1H3. The molecule has 1 saturated carbocycles. The molecule has 0 amide bonds. The lowest BCUT2D eigenvalue weighted by Crippen LogP contribution is -2.00. The average Bonchev–Trinajstić information content (AvgIpc) is 2.92. The number of thiazole rings is 1. The summed E-state index contributed by atoms with van der Waals surface area (Å²) in [6.07, 6.45) is 4.97. The van der Waals surface area contributed by atoms with Gasteiger partial charge in [-0.1, -0.05) is 0 Å². The molecule has 76 valence electrons. The lowest BCUT2D eigenvalue weighted by Gasteiger charge is -1.96. The Balaban J connectivity index is 1.69. The van der Waals surface area contributed by atoms with Crippen molar-refractivity contribution in [3.63, 3.8) is 0 Å². The molecular weight excluding hydrogens is 194 g/mol. The summed E-state index contributed by atoms with van der Waals surface area (Å²) in [7, 11) is 0. The van der Waals surface area contributed by atoms with Crippen LogP contribution in [0.3, 0.4) is 0 Å². The van der Waals surface area contributed by atoms with E-state index in [1.165, 1.54) is 5.01 Å². The first kappa shape index (κ1) is 9.84. The van der Waals surface area contributed by atoms with Gasteiger partial charge in [0.2, 0.25) is 0 Å². The van der Waals surface area contributed by atoms with Crippen molar-refractivity contribution in [1.82, 2.24) is 4.98 Å². The van der Waals surface area contributed by atoms with Crippen LogP contribution in [0.4, 0.5) is 0 Å². The molecule has 3 heteroatoms. The summed E-state index contributed by atoms with van der Waals surface area (Å²) in [5.74, 6) is 0.895. The highest BCUT2D eigenvalue weighted by Crippen LogP contribution is 2.31. The molecule has 2 nitrogen and oxygen atoms in total. The molecule has 0 atom stereocenters. The van der Waals surface area contributed by atoms with Crippen molar-refractivity contribution >= 4 is 17.1 Å². The Hall–Kier alpha value is -0.700. The van der Waals surface area contributed by atoms with Gasteiger partial charge in [0.05, 0.1) is 5.01 Å². The number of Topliss-reactive ketones (excluding diaryl/α,β-unsaturated/α-hetero) is 1. The molecule has 1 heterocycles. The van der Waals surface area contributed by atoms with Crippen LogP contribution < -0.4 is 0 Å². The molecular formula is C11H15NOS. The second kappa shape index (κ2) is 4.22. The molecule has 1 aromatic rings. The normalized spacial score (nSPS) is 15.8. The first-order valence-electron chi connectivity index (χ1n) is 5.19. The van der Waals surface area contributed by atoms with E-state index in [1.807, 2.05) is 6.92 Å². The molecule has 0 radical (unpaired) electrons. The number of nitrogens with zero attached hydrogens (tertiary/aromatic N) is 1. The van der Waals surface area contributed by atoms with Gasteiger partial charge in [-0.3, -0.25) is 4.79 Å². The van der Waals surface area contributed by atoms with E-state index >= 15 is 0 Å². The second-order valence-electron chi connectivity index (χ2n) is 3.98. The molecule has 1 aliphatic rings. The largest absolute Gasteiger partial charge is 0.299 e. The van der Waals surface area contributed by atoms with Crippen LogP contribution in [-0.4, -0.2) is 10.8 Å². The van der Waals surface area contributed by atoms with Gasteiger partial charge in [-0.05, 0) is 32.6 Å². The molecule has 0 unspecified atom stereocenters. The van der Waals surface area contributed by atoms with Crippen molar-refractivity contribution < 1.29 is 4.79 Å². The fourth-order valence-electron chi connectivity index (χ4n) is 1.54. The van der Waals surface area contributed by atoms with Crippen molar-refractivity contribution in [1.29, 1.82) is 0 Å². The molecule has 0 saturated heterocycles. The Bertz CT molecular complexity index is 328. The fourth-order valence-corrected chi connectivity index (χ4v) is 2.36. The molecule has 14 heavy (non-hydrogen) atoms. The van der Waals surface area contributed by atoms with E-state index in [1.54, 1.807) is 11.3 Å². The zero-order chi connectivity index (χ0) is 9.97. The number of ketones is 1. The second-order valence-corrected chi connectivity index (χ2v) is 4.92. The van der Waals surface area contributed by atoms with Gasteiger partial charge in [-0.25, -0.2) is 4.98 Å². The Morgan fingerprint density at radius 2 is 2.43 bits per heavy atom. The van der Waals surface area contributed by atoms with Crippen LogP contribution in [0.1, 0.15) is 36.4 Å². The summed E-state index contributed by atoms with van der Waals surface area (Å²) in [6, 6.07) is 0. The third-order valence-electron chi connectivity index (χ3n) is 2.51. The van der Waals surface area contributed by atoms with E-state index in [2.05, 4.69) is 10.4 Å². The predicted octanol–water partition coefficient (Wildman–Crippen LogP) is 2.75. The lowest BCUT2D eigenvalue weighted by atomic mass is 10.1. The van der Waals surface area contributed by atoms with Crippen LogP contribution in [0.2, 0.25) is 0 Å². The van der Waals surface area contributed by atoms with E-state index in [0.717, 1.165) is 37.8 Å². The highest BCUT2D eigenvalue weighted by molar-refractivity contribution is 7.09. The maximum Gasteiger partial charge on any atom is 0.135 e. The van der Waals surface area contributed by atoms with Gasteiger partial charge in [0.25, 0.3) is 0 Å². The van der Waals surface area contributed by atoms with Crippen LogP contribution in [0.15, 0.2) is 5.38 Å². The minimum atomic E-state index is 0.424. The van der Waals surface area contributed by atoms with Gasteiger partial charge in [0.1, 0.15) is 5.78 Å². The topological polar surface area (TPSA) is 30.0 Å². The first-order chi connectivity index (χ1) is 6.75. The summed E-state index contributed by atoms with van der Waals surface area (Å²) in [5.41, 5.74) is 1.10. The molecule has 2 rings (SSSR count). The summed E-state index contributed by atoms with van der Waals surface area (Å²) >= 11 is 1.70. The van der Waals surface area contributed by atoms with Gasteiger partial charge in [-0.15, -0.1) is 11.3 Å². The Labute approximate surface area is 88.4 Å². The summed E-state index contributed by atoms with van der Waals surface area (Å²) in [5, 5.41) is 3.24. The summed E-state index contributed by atoms with van der Waals surface area (Å²) < 4.78 is 0. The van der Waals surface area contributed by atoms with E-state index < -0.39 is 0 Å². The molecule has 1 fully saturated rings. The van der Waals surface area contributed by atoms with Gasteiger partial charge in [0.15, 0.2) is 0 Å². The summed E-state index contributed by atoms with van der Waals surface area (Å²) in [6.45, 7) is 2.01. The third-order valence-corrected chi connectivity index (χ3v) is 3.54. The number of carbonyl (C=O) groups excluding carboxylic acids is 1. The summed E-state index contributed by atoms with van der Waals surface area (Å²) in [4.78, 5) is 15.8. The maximum absolute atomic E-state index is 11.4. The van der Waals surface area contributed by atoms with Crippen molar-refractivity contribution in [2.24, 2.45) is 5.92 Å².